The van der Waals surface area contributed by atoms with Crippen LogP contribution in [0, 0.1) is 11.6 Å². The van der Waals surface area contributed by atoms with Crippen molar-refractivity contribution in [1.29, 1.82) is 0 Å². The zero-order valence-corrected chi connectivity index (χ0v) is 19.9. The molecule has 0 spiro atoms. The molecule has 1 aromatic heterocycles. The molecule has 0 unspecified atom stereocenters. The summed E-state index contributed by atoms with van der Waals surface area (Å²) < 4.78 is 27.0. The first-order valence-electron chi connectivity index (χ1n) is 11.6. The van der Waals surface area contributed by atoms with E-state index in [9.17, 15) is 18.4 Å². The number of hydrogen-bond donors (Lipinski definition) is 3. The average molecular weight is 495 g/mol. The van der Waals surface area contributed by atoms with Crippen LogP contribution in [0.25, 0.3) is 0 Å². The maximum absolute atomic E-state index is 13.5. The molecule has 4 rings (SSSR count). The molecular weight excluding hydrogens is 466 g/mol. The van der Waals surface area contributed by atoms with E-state index in [0.717, 1.165) is 43.5 Å². The van der Waals surface area contributed by atoms with E-state index in [1.807, 2.05) is 29.2 Å². The van der Waals surface area contributed by atoms with Crippen LogP contribution >= 0.6 is 0 Å². The lowest BCUT2D eigenvalue weighted by Gasteiger charge is -2.23. The van der Waals surface area contributed by atoms with Crippen molar-refractivity contribution in [3.8, 4) is 0 Å². The van der Waals surface area contributed by atoms with Gasteiger partial charge in [0.25, 0.3) is 5.91 Å². The number of primary amides is 1. The summed E-state index contributed by atoms with van der Waals surface area (Å²) >= 11 is 0. The van der Waals surface area contributed by atoms with Gasteiger partial charge >= 0.3 is 0 Å². The molecule has 8 nitrogen and oxygen atoms in total. The Labute approximate surface area is 208 Å². The molecule has 2 aromatic carbocycles. The number of rotatable bonds is 7. The van der Waals surface area contributed by atoms with Crippen molar-refractivity contribution in [2.75, 3.05) is 41.7 Å². The second-order valence-electron chi connectivity index (χ2n) is 8.63. The number of anilines is 4. The number of aromatic nitrogens is 1. The molecule has 0 bridgehead atoms. The Balaban J connectivity index is 1.45. The monoisotopic (exact) mass is 494 g/mol. The molecule has 3 aromatic rings. The fourth-order valence-corrected chi connectivity index (χ4v) is 4.17. The Bertz CT molecular complexity index is 1230. The predicted molar refractivity (Wildman–Crippen MR) is 135 cm³/mol. The lowest BCUT2D eigenvalue weighted by molar-refractivity contribution is -0.128. The van der Waals surface area contributed by atoms with Crippen LogP contribution in [0.5, 0.6) is 0 Å². The Kier molecular flexibility index (Phi) is 7.62. The number of carbonyl (C=O) groups is 2. The van der Waals surface area contributed by atoms with Crippen LogP contribution in [0.4, 0.5) is 31.7 Å². The molecule has 0 saturated carbocycles. The highest BCUT2D eigenvalue weighted by atomic mass is 19.1. The highest BCUT2D eigenvalue weighted by Gasteiger charge is 2.17. The molecule has 2 amide bonds. The Morgan fingerprint density at radius 3 is 2.39 bits per heavy atom. The minimum Gasteiger partial charge on any atom is -0.380 e. The first kappa shape index (κ1) is 24.9. The van der Waals surface area contributed by atoms with E-state index in [0.29, 0.717) is 23.6 Å². The number of benzene rings is 2. The summed E-state index contributed by atoms with van der Waals surface area (Å²) in [7, 11) is 0. The summed E-state index contributed by atoms with van der Waals surface area (Å²) in [4.78, 5) is 31.9. The first-order valence-corrected chi connectivity index (χ1v) is 11.6. The molecule has 0 radical (unpaired) electrons. The predicted octanol–water partition coefficient (Wildman–Crippen LogP) is 3.87. The fourth-order valence-electron chi connectivity index (χ4n) is 4.17. The number of hydrogen-bond acceptors (Lipinski definition) is 6. The molecule has 1 aliphatic heterocycles. The van der Waals surface area contributed by atoms with Crippen molar-refractivity contribution >= 4 is 34.7 Å². The highest BCUT2D eigenvalue weighted by Crippen LogP contribution is 2.25. The number of nitrogens with one attached hydrogen (secondary N) is 2. The molecule has 10 heteroatoms. The van der Waals surface area contributed by atoms with Gasteiger partial charge in [-0.15, -0.1) is 0 Å². The Hall–Kier alpha value is -4.21. The number of amides is 2. The van der Waals surface area contributed by atoms with Crippen LogP contribution in [-0.4, -0.2) is 47.9 Å². The standard InChI is InChI=1S/C26H28F2N6O2/c1-17(35)33-7-2-8-34(10-9-33)22-5-3-21(4-6-22)32-25-14-24(23(16-31-25)26(29)36)30-15-18-11-19(27)13-20(28)12-18/h3-6,11-14,16H,2,7-10,15H2,1H3,(H2,29,36)(H2,30,31,32). The summed E-state index contributed by atoms with van der Waals surface area (Å²) in [5.41, 5.74) is 8.25. The smallest absolute Gasteiger partial charge is 0.252 e. The van der Waals surface area contributed by atoms with Crippen molar-refractivity contribution in [3.05, 3.63) is 77.5 Å². The fraction of sp³-hybridized carbons (Fsp3) is 0.269. The lowest BCUT2D eigenvalue weighted by Crippen LogP contribution is -2.33. The van der Waals surface area contributed by atoms with E-state index < -0.39 is 17.5 Å². The molecule has 0 aliphatic carbocycles. The quantitative estimate of drug-likeness (QED) is 0.461. The normalized spacial score (nSPS) is 13.8. The maximum atomic E-state index is 13.5. The second kappa shape index (κ2) is 11.0. The van der Waals surface area contributed by atoms with Crippen LogP contribution in [0.3, 0.4) is 0 Å². The van der Waals surface area contributed by atoms with Gasteiger partial charge in [-0.2, -0.15) is 0 Å². The van der Waals surface area contributed by atoms with Crippen molar-refractivity contribution in [3.63, 3.8) is 0 Å². The number of pyridine rings is 1. The topological polar surface area (TPSA) is 104 Å². The van der Waals surface area contributed by atoms with Gasteiger partial charge in [-0.3, -0.25) is 9.59 Å². The molecule has 2 heterocycles. The Morgan fingerprint density at radius 1 is 1.00 bits per heavy atom. The third-order valence-electron chi connectivity index (χ3n) is 6.02. The zero-order valence-electron chi connectivity index (χ0n) is 19.9. The summed E-state index contributed by atoms with van der Waals surface area (Å²) in [5, 5.41) is 6.21. The molecule has 4 N–H and O–H groups in total. The number of nitrogens with two attached hydrogens (primary N) is 1. The van der Waals surface area contributed by atoms with Crippen LogP contribution in [0.2, 0.25) is 0 Å². The highest BCUT2D eigenvalue weighted by molar-refractivity contribution is 5.98. The van der Waals surface area contributed by atoms with Gasteiger partial charge in [-0.05, 0) is 48.4 Å². The lowest BCUT2D eigenvalue weighted by atomic mass is 10.1. The Morgan fingerprint density at radius 2 is 1.72 bits per heavy atom. The van der Waals surface area contributed by atoms with Gasteiger partial charge < -0.3 is 26.2 Å². The van der Waals surface area contributed by atoms with Crippen molar-refractivity contribution in [2.24, 2.45) is 5.73 Å². The molecule has 1 fully saturated rings. The van der Waals surface area contributed by atoms with Gasteiger partial charge in [0.15, 0.2) is 0 Å². The largest absolute Gasteiger partial charge is 0.380 e. The van der Waals surface area contributed by atoms with E-state index >= 15 is 0 Å². The molecule has 188 valence electrons. The summed E-state index contributed by atoms with van der Waals surface area (Å²) in [5.74, 6) is -1.47. The molecule has 36 heavy (non-hydrogen) atoms. The first-order chi connectivity index (χ1) is 17.3. The summed E-state index contributed by atoms with van der Waals surface area (Å²) in [6.45, 7) is 4.79. The van der Waals surface area contributed by atoms with E-state index in [-0.39, 0.29) is 18.0 Å². The maximum Gasteiger partial charge on any atom is 0.252 e. The number of halogens is 2. The van der Waals surface area contributed by atoms with Crippen molar-refractivity contribution in [1.82, 2.24) is 9.88 Å². The van der Waals surface area contributed by atoms with E-state index in [4.69, 9.17) is 5.73 Å². The molecule has 1 aliphatic rings. The van der Waals surface area contributed by atoms with Crippen LogP contribution in [-0.2, 0) is 11.3 Å². The third-order valence-corrected chi connectivity index (χ3v) is 6.02. The van der Waals surface area contributed by atoms with Crippen molar-refractivity contribution in [2.45, 2.75) is 19.9 Å². The second-order valence-corrected chi connectivity index (χ2v) is 8.63. The van der Waals surface area contributed by atoms with E-state index in [2.05, 4.69) is 20.5 Å². The van der Waals surface area contributed by atoms with Crippen molar-refractivity contribution < 1.29 is 18.4 Å². The average Bonchev–Trinajstić information content (AvgIpc) is 3.09. The minimum absolute atomic E-state index is 0.0873. The number of nitrogens with zero attached hydrogens (tertiary/aromatic N) is 3. The molecule has 1 saturated heterocycles. The van der Waals surface area contributed by atoms with Gasteiger partial charge in [0, 0.05) is 69.4 Å². The van der Waals surface area contributed by atoms with Gasteiger partial charge in [0.1, 0.15) is 17.5 Å². The minimum atomic E-state index is -0.682. The van der Waals surface area contributed by atoms with E-state index in [1.54, 1.807) is 13.0 Å². The van der Waals surface area contributed by atoms with Crippen LogP contribution in [0.15, 0.2) is 54.7 Å². The van der Waals surface area contributed by atoms with Gasteiger partial charge in [0.05, 0.1) is 11.3 Å². The summed E-state index contributed by atoms with van der Waals surface area (Å²) in [6.07, 6.45) is 2.26. The molecular formula is C26H28F2N6O2. The third kappa shape index (κ3) is 6.26. The SMILES string of the molecule is CC(=O)N1CCCN(c2ccc(Nc3cc(NCc4cc(F)cc(F)c4)c(C(N)=O)cn3)cc2)CC1. The summed E-state index contributed by atoms with van der Waals surface area (Å²) in [6, 6.07) is 12.7. The van der Waals surface area contributed by atoms with Crippen LogP contribution < -0.4 is 21.3 Å². The van der Waals surface area contributed by atoms with Gasteiger partial charge in [-0.1, -0.05) is 0 Å². The van der Waals surface area contributed by atoms with Gasteiger partial charge in [-0.25, -0.2) is 13.8 Å². The zero-order chi connectivity index (χ0) is 25.7. The van der Waals surface area contributed by atoms with Gasteiger partial charge in [0.2, 0.25) is 5.91 Å². The number of carbonyl (C=O) groups excluding carboxylic acids is 2. The van der Waals surface area contributed by atoms with E-state index in [1.165, 1.54) is 18.3 Å². The molecule has 0 atom stereocenters. The van der Waals surface area contributed by atoms with Crippen LogP contribution in [0.1, 0.15) is 29.3 Å².